The predicted octanol–water partition coefficient (Wildman–Crippen LogP) is 0.596. The van der Waals surface area contributed by atoms with Crippen LogP contribution < -0.4 is 0 Å². The summed E-state index contributed by atoms with van der Waals surface area (Å²) in [5, 5.41) is 8.08. The lowest BCUT2D eigenvalue weighted by atomic mass is 9.99. The van der Waals surface area contributed by atoms with E-state index in [4.69, 9.17) is 4.74 Å². The fourth-order valence-electron chi connectivity index (χ4n) is 3.56. The Kier molecular flexibility index (Phi) is 4.28. The van der Waals surface area contributed by atoms with Crippen LogP contribution in [0, 0.1) is 0 Å². The molecule has 0 radical (unpaired) electrons. The lowest BCUT2D eigenvalue weighted by molar-refractivity contribution is -0.138. The van der Waals surface area contributed by atoms with Crippen molar-refractivity contribution >= 4 is 15.7 Å². The molecule has 0 N–H and O–H groups in total. The third kappa shape index (κ3) is 3.24. The monoisotopic (exact) mass is 376 g/mol. The summed E-state index contributed by atoms with van der Waals surface area (Å²) in [6.45, 7) is 1.64. The first-order chi connectivity index (χ1) is 12.4. The third-order valence-electron chi connectivity index (χ3n) is 4.99. The predicted molar refractivity (Wildman–Crippen MR) is 92.1 cm³/mol. The van der Waals surface area contributed by atoms with Gasteiger partial charge in [-0.3, -0.25) is 4.79 Å². The SMILES string of the molecule is CS(=O)(=O)c1ccc(CC(=O)N2CC[C@H]3[C@H](C2)OCc2cnnn23)cc1. The van der Waals surface area contributed by atoms with Crippen molar-refractivity contribution in [2.75, 3.05) is 19.3 Å². The summed E-state index contributed by atoms with van der Waals surface area (Å²) in [7, 11) is -3.23. The molecular weight excluding hydrogens is 356 g/mol. The largest absolute Gasteiger partial charge is 0.368 e. The van der Waals surface area contributed by atoms with Gasteiger partial charge in [-0.05, 0) is 24.1 Å². The van der Waals surface area contributed by atoms with E-state index in [1.54, 1.807) is 30.5 Å². The molecule has 1 saturated heterocycles. The van der Waals surface area contributed by atoms with E-state index < -0.39 is 9.84 Å². The highest BCUT2D eigenvalue weighted by molar-refractivity contribution is 7.90. The molecule has 138 valence electrons. The molecule has 3 heterocycles. The third-order valence-corrected chi connectivity index (χ3v) is 6.12. The number of ether oxygens (including phenoxy) is 1. The Morgan fingerprint density at radius 3 is 2.81 bits per heavy atom. The Labute approximate surface area is 151 Å². The Hall–Kier alpha value is -2.26. The highest BCUT2D eigenvalue weighted by Crippen LogP contribution is 2.30. The molecule has 2 aromatic rings. The van der Waals surface area contributed by atoms with E-state index in [0.29, 0.717) is 19.7 Å². The molecule has 1 aromatic carbocycles. The number of nitrogens with zero attached hydrogens (tertiary/aromatic N) is 4. The number of likely N-dealkylation sites (tertiary alicyclic amines) is 1. The summed E-state index contributed by atoms with van der Waals surface area (Å²) in [6, 6.07) is 6.60. The first kappa shape index (κ1) is 17.2. The zero-order chi connectivity index (χ0) is 18.3. The van der Waals surface area contributed by atoms with Crippen molar-refractivity contribution in [3.05, 3.63) is 41.7 Å². The van der Waals surface area contributed by atoms with Crippen LogP contribution in [0.1, 0.15) is 23.7 Å². The molecule has 2 atom stereocenters. The fraction of sp³-hybridized carbons (Fsp3) is 0.471. The number of amides is 1. The molecule has 26 heavy (non-hydrogen) atoms. The summed E-state index contributed by atoms with van der Waals surface area (Å²) in [5.41, 5.74) is 1.77. The number of piperidine rings is 1. The van der Waals surface area contributed by atoms with Gasteiger partial charge in [0.15, 0.2) is 9.84 Å². The van der Waals surface area contributed by atoms with Crippen molar-refractivity contribution in [2.24, 2.45) is 0 Å². The smallest absolute Gasteiger partial charge is 0.227 e. The molecular formula is C17H20N4O4S. The van der Waals surface area contributed by atoms with Gasteiger partial charge >= 0.3 is 0 Å². The molecule has 2 aliphatic rings. The number of carbonyl (C=O) groups is 1. The zero-order valence-electron chi connectivity index (χ0n) is 14.4. The first-order valence-electron chi connectivity index (χ1n) is 8.49. The lowest BCUT2D eigenvalue weighted by Crippen LogP contribution is -2.50. The topological polar surface area (TPSA) is 94.4 Å². The molecule has 0 bridgehead atoms. The second kappa shape index (κ2) is 6.48. The Bertz CT molecular complexity index is 922. The quantitative estimate of drug-likeness (QED) is 0.778. The first-order valence-corrected chi connectivity index (χ1v) is 10.4. The van der Waals surface area contributed by atoms with Crippen molar-refractivity contribution in [3.63, 3.8) is 0 Å². The van der Waals surface area contributed by atoms with Crippen LogP contribution in [0.25, 0.3) is 0 Å². The van der Waals surface area contributed by atoms with Gasteiger partial charge in [0.05, 0.1) is 42.0 Å². The van der Waals surface area contributed by atoms with Crippen LogP contribution in [0.5, 0.6) is 0 Å². The minimum absolute atomic E-state index is 0.0172. The van der Waals surface area contributed by atoms with Crippen molar-refractivity contribution in [3.8, 4) is 0 Å². The van der Waals surface area contributed by atoms with Gasteiger partial charge in [0.1, 0.15) is 0 Å². The van der Waals surface area contributed by atoms with Crippen LogP contribution in [0.4, 0.5) is 0 Å². The van der Waals surface area contributed by atoms with Crippen LogP contribution in [-0.4, -0.2) is 59.7 Å². The minimum Gasteiger partial charge on any atom is -0.368 e. The summed E-state index contributed by atoms with van der Waals surface area (Å²) in [4.78, 5) is 14.7. The number of hydrogen-bond acceptors (Lipinski definition) is 6. The normalized spacial score (nSPS) is 22.6. The standard InChI is InChI=1S/C17H20N4O4S/c1-26(23,24)14-4-2-12(3-5-14)8-17(22)20-7-6-15-16(10-20)25-11-13-9-18-19-21(13)15/h2-5,9,15-16H,6-8,10-11H2,1H3/t15-,16-/m0/s1. The van der Waals surface area contributed by atoms with Gasteiger partial charge in [-0.15, -0.1) is 5.10 Å². The molecule has 1 amide bonds. The second-order valence-electron chi connectivity index (χ2n) is 6.81. The van der Waals surface area contributed by atoms with Crippen molar-refractivity contribution in [2.45, 2.75) is 36.5 Å². The van der Waals surface area contributed by atoms with E-state index in [9.17, 15) is 13.2 Å². The fourth-order valence-corrected chi connectivity index (χ4v) is 4.19. The van der Waals surface area contributed by atoms with Gasteiger partial charge < -0.3 is 9.64 Å². The molecule has 9 heteroatoms. The molecule has 4 rings (SSSR count). The Morgan fingerprint density at radius 1 is 1.31 bits per heavy atom. The van der Waals surface area contributed by atoms with E-state index in [1.807, 2.05) is 9.58 Å². The number of benzene rings is 1. The number of aromatic nitrogens is 3. The van der Waals surface area contributed by atoms with E-state index in [2.05, 4.69) is 10.3 Å². The van der Waals surface area contributed by atoms with Crippen LogP contribution in [0.15, 0.2) is 35.4 Å². The lowest BCUT2D eigenvalue weighted by Gasteiger charge is -2.41. The molecule has 0 unspecified atom stereocenters. The molecule has 1 fully saturated rings. The van der Waals surface area contributed by atoms with Crippen molar-refractivity contribution in [1.29, 1.82) is 0 Å². The summed E-state index contributed by atoms with van der Waals surface area (Å²) in [5.74, 6) is 0.0172. The molecule has 0 aliphatic carbocycles. The van der Waals surface area contributed by atoms with E-state index in [0.717, 1.165) is 17.7 Å². The van der Waals surface area contributed by atoms with Gasteiger partial charge in [0.2, 0.25) is 5.91 Å². The van der Waals surface area contributed by atoms with Crippen LogP contribution >= 0.6 is 0 Å². The van der Waals surface area contributed by atoms with Crippen LogP contribution in [-0.2, 0) is 32.4 Å². The van der Waals surface area contributed by atoms with Gasteiger partial charge in [-0.2, -0.15) is 0 Å². The molecule has 0 spiro atoms. The van der Waals surface area contributed by atoms with Crippen molar-refractivity contribution in [1.82, 2.24) is 19.9 Å². The van der Waals surface area contributed by atoms with Gasteiger partial charge in [-0.1, -0.05) is 17.3 Å². The van der Waals surface area contributed by atoms with E-state index in [-0.39, 0.29) is 29.4 Å². The highest BCUT2D eigenvalue weighted by atomic mass is 32.2. The summed E-state index contributed by atoms with van der Waals surface area (Å²) in [6.07, 6.45) is 3.83. The Balaban J connectivity index is 1.41. The number of fused-ring (bicyclic) bond motifs is 3. The minimum atomic E-state index is -3.23. The van der Waals surface area contributed by atoms with Gasteiger partial charge in [0.25, 0.3) is 0 Å². The average Bonchev–Trinajstić information content (AvgIpc) is 3.10. The molecule has 8 nitrogen and oxygen atoms in total. The zero-order valence-corrected chi connectivity index (χ0v) is 15.2. The van der Waals surface area contributed by atoms with Crippen molar-refractivity contribution < 1.29 is 17.9 Å². The maximum atomic E-state index is 12.6. The Morgan fingerprint density at radius 2 is 2.08 bits per heavy atom. The van der Waals surface area contributed by atoms with Crippen LogP contribution in [0.3, 0.4) is 0 Å². The number of rotatable bonds is 3. The summed E-state index contributed by atoms with van der Waals surface area (Å²) < 4.78 is 30.8. The molecule has 0 saturated carbocycles. The molecule has 2 aliphatic heterocycles. The number of sulfone groups is 1. The maximum Gasteiger partial charge on any atom is 0.227 e. The summed E-state index contributed by atoms with van der Waals surface area (Å²) >= 11 is 0. The second-order valence-corrected chi connectivity index (χ2v) is 8.82. The maximum absolute atomic E-state index is 12.6. The van der Waals surface area contributed by atoms with E-state index in [1.165, 1.54) is 6.26 Å². The molecule has 1 aromatic heterocycles. The number of carbonyl (C=O) groups excluding carboxylic acids is 1. The number of hydrogen-bond donors (Lipinski definition) is 0. The van der Waals surface area contributed by atoms with Gasteiger partial charge in [0, 0.05) is 19.3 Å². The van der Waals surface area contributed by atoms with E-state index >= 15 is 0 Å². The highest BCUT2D eigenvalue weighted by Gasteiger charge is 2.37. The average molecular weight is 376 g/mol. The van der Waals surface area contributed by atoms with Gasteiger partial charge in [-0.25, -0.2) is 13.1 Å². The van der Waals surface area contributed by atoms with Crippen LogP contribution in [0.2, 0.25) is 0 Å².